The number of aliphatic hydroxyl groups excluding tert-OH is 1. The Bertz CT molecular complexity index is 1650. The van der Waals surface area contributed by atoms with Crippen molar-refractivity contribution in [3.63, 3.8) is 0 Å². The Morgan fingerprint density at radius 1 is 1.15 bits per heavy atom. The maximum atomic E-state index is 12.8. The monoisotopic (exact) mass is 661 g/mol. The molecule has 12 heteroatoms. The fourth-order valence-electron chi connectivity index (χ4n) is 7.62. The Kier molecular flexibility index (Phi) is 9.75. The quantitative estimate of drug-likeness (QED) is 0.236. The van der Waals surface area contributed by atoms with E-state index < -0.39 is 12.9 Å². The molecule has 47 heavy (non-hydrogen) atoms. The van der Waals surface area contributed by atoms with Crippen LogP contribution < -0.4 is 14.5 Å². The summed E-state index contributed by atoms with van der Waals surface area (Å²) < 4.78 is 24.8. The maximum absolute atomic E-state index is 12.8. The minimum atomic E-state index is -0.956. The minimum absolute atomic E-state index is 0.229. The summed E-state index contributed by atoms with van der Waals surface area (Å²) in [7, 11) is 0. The van der Waals surface area contributed by atoms with Gasteiger partial charge in [-0.05, 0) is 42.9 Å². The van der Waals surface area contributed by atoms with Gasteiger partial charge in [0.15, 0.2) is 0 Å². The van der Waals surface area contributed by atoms with Gasteiger partial charge in [-0.25, -0.2) is 4.39 Å². The number of nitrogens with zero attached hydrogens (tertiary/aromatic N) is 7. The number of nitriles is 1. The van der Waals surface area contributed by atoms with Crippen molar-refractivity contribution in [3.05, 3.63) is 64.8 Å². The normalized spacial score (nSPS) is 23.8. The lowest BCUT2D eigenvalue weighted by molar-refractivity contribution is 0.00386. The van der Waals surface area contributed by atoms with Crippen LogP contribution >= 0.6 is 11.6 Å². The van der Waals surface area contributed by atoms with Crippen LogP contribution in [0.4, 0.5) is 15.9 Å². The molecule has 2 aromatic carbocycles. The molecule has 2 bridgehead atoms. The molecular weight excluding hydrogens is 621 g/mol. The van der Waals surface area contributed by atoms with Crippen LogP contribution in [0, 0.1) is 11.3 Å². The van der Waals surface area contributed by atoms with E-state index in [4.69, 9.17) is 31.0 Å². The van der Waals surface area contributed by atoms with Gasteiger partial charge in [-0.15, -0.1) is 0 Å². The molecule has 1 aromatic heterocycles. The van der Waals surface area contributed by atoms with Gasteiger partial charge in [0.1, 0.15) is 18.7 Å². The van der Waals surface area contributed by atoms with Crippen LogP contribution in [0.5, 0.6) is 6.01 Å². The number of hydrogen-bond donors (Lipinski definition) is 1. The first kappa shape index (κ1) is 32.0. The van der Waals surface area contributed by atoms with Crippen molar-refractivity contribution in [1.29, 1.82) is 5.26 Å². The van der Waals surface area contributed by atoms with E-state index in [9.17, 15) is 14.8 Å². The third kappa shape index (κ3) is 6.76. The lowest BCUT2D eigenvalue weighted by Crippen LogP contribution is -2.56. The Hall–Kier alpha value is -3.53. The summed E-state index contributed by atoms with van der Waals surface area (Å²) in [6.07, 6.45) is 5.13. The van der Waals surface area contributed by atoms with Crippen molar-refractivity contribution < 1.29 is 19.0 Å². The van der Waals surface area contributed by atoms with Crippen LogP contribution in [0.25, 0.3) is 10.8 Å². The highest BCUT2D eigenvalue weighted by molar-refractivity contribution is 6.36. The average Bonchev–Trinajstić information content (AvgIpc) is 3.72. The Balaban J connectivity index is 1.14. The largest absolute Gasteiger partial charge is 0.463 e. The van der Waals surface area contributed by atoms with E-state index in [0.29, 0.717) is 50.9 Å². The van der Waals surface area contributed by atoms with E-state index in [2.05, 4.69) is 45.0 Å². The number of anilines is 2. The van der Waals surface area contributed by atoms with E-state index in [0.717, 1.165) is 84.1 Å². The molecule has 3 saturated heterocycles. The molecule has 4 aliphatic rings. The maximum Gasteiger partial charge on any atom is 0.318 e. The second-order valence-electron chi connectivity index (χ2n) is 12.8. The van der Waals surface area contributed by atoms with Crippen LogP contribution in [0.2, 0.25) is 5.02 Å². The number of benzene rings is 2. The molecule has 10 nitrogen and oxygen atoms in total. The summed E-state index contributed by atoms with van der Waals surface area (Å²) in [6.45, 7) is 5.57. The van der Waals surface area contributed by atoms with Gasteiger partial charge in [0.2, 0.25) is 0 Å². The molecule has 0 amide bonds. The number of piperazine rings is 1. The zero-order chi connectivity index (χ0) is 32.3. The zero-order valence-electron chi connectivity index (χ0n) is 26.5. The number of fused-ring (bicyclic) bond motifs is 4. The second-order valence-corrected chi connectivity index (χ2v) is 13.2. The average molecular weight is 662 g/mol. The Labute approximate surface area is 279 Å². The molecule has 248 valence electrons. The number of halogens is 2. The predicted molar refractivity (Wildman–Crippen MR) is 180 cm³/mol. The first-order valence-corrected chi connectivity index (χ1v) is 17.0. The molecule has 0 aliphatic carbocycles. The van der Waals surface area contributed by atoms with Gasteiger partial charge in [-0.3, -0.25) is 9.80 Å². The summed E-state index contributed by atoms with van der Waals surface area (Å²) in [5, 5.41) is 23.2. The summed E-state index contributed by atoms with van der Waals surface area (Å²) in [6, 6.07) is 15.1. The topological polar surface area (TPSA) is 101 Å². The van der Waals surface area contributed by atoms with Crippen molar-refractivity contribution in [2.24, 2.45) is 0 Å². The van der Waals surface area contributed by atoms with Crippen LogP contribution in [0.3, 0.4) is 0 Å². The smallest absolute Gasteiger partial charge is 0.318 e. The molecule has 1 N–H and O–H groups in total. The Morgan fingerprint density at radius 2 is 2.02 bits per heavy atom. The fourth-order valence-corrected chi connectivity index (χ4v) is 7.90. The predicted octanol–water partition coefficient (Wildman–Crippen LogP) is 4.34. The number of alkyl halides is 1. The van der Waals surface area contributed by atoms with Gasteiger partial charge in [0.05, 0.1) is 49.1 Å². The second kappa shape index (κ2) is 14.3. The van der Waals surface area contributed by atoms with Crippen LogP contribution in [-0.4, -0.2) is 108 Å². The minimum Gasteiger partial charge on any atom is -0.463 e. The number of hydrogen-bond acceptors (Lipinski definition) is 10. The number of ether oxygens (including phenoxy) is 2. The lowest BCUT2D eigenvalue weighted by Gasteiger charge is -2.43. The number of rotatable bonds is 11. The van der Waals surface area contributed by atoms with Gasteiger partial charge in [-0.2, -0.15) is 15.2 Å². The van der Waals surface area contributed by atoms with Crippen molar-refractivity contribution in [3.8, 4) is 12.1 Å². The molecule has 3 aromatic rings. The van der Waals surface area contributed by atoms with Gasteiger partial charge in [-0.1, -0.05) is 41.9 Å². The first-order chi connectivity index (χ1) is 23.0. The van der Waals surface area contributed by atoms with Gasteiger partial charge in [0.25, 0.3) is 0 Å². The van der Waals surface area contributed by atoms with E-state index in [1.165, 1.54) is 12.2 Å². The summed E-state index contributed by atoms with van der Waals surface area (Å²) in [5.74, 6) is 0.825. The standard InChI is InChI=1S/C35H41ClFN7O3/c36-29-7-1-5-24-6-2-8-31(33(24)29)42-15-11-28-30(22-42)39-35(46-18-4-14-41-21-27-19-26(41)23-47-27)40-34(28)43-16-17-44(25(20-43)10-13-38)32(45)9-3-12-37/h1-3,5-9,25-27,32,45H,4,10-12,14-23H2/b9-3+/t25-,26-,27-,32?/m0/s1. The molecule has 5 heterocycles. The molecule has 1 unspecified atom stereocenters. The van der Waals surface area contributed by atoms with E-state index in [1.807, 2.05) is 17.0 Å². The highest BCUT2D eigenvalue weighted by atomic mass is 35.5. The fraction of sp³-hybridized carbons (Fsp3) is 0.514. The molecule has 4 aliphatic heterocycles. The summed E-state index contributed by atoms with van der Waals surface area (Å²) in [5.41, 5.74) is 3.07. The molecular formula is C35H41ClFN7O3. The number of likely N-dealkylation sites (tertiary alicyclic amines) is 1. The van der Waals surface area contributed by atoms with E-state index in [-0.39, 0.29) is 12.5 Å². The summed E-state index contributed by atoms with van der Waals surface area (Å²) >= 11 is 6.72. The number of allylic oxidation sites excluding steroid dienone is 1. The Morgan fingerprint density at radius 3 is 2.81 bits per heavy atom. The zero-order valence-corrected chi connectivity index (χ0v) is 27.2. The molecule has 0 spiro atoms. The summed E-state index contributed by atoms with van der Waals surface area (Å²) in [4.78, 5) is 18.8. The van der Waals surface area contributed by atoms with E-state index in [1.54, 1.807) is 0 Å². The first-order valence-electron chi connectivity index (χ1n) is 16.6. The van der Waals surface area contributed by atoms with Crippen molar-refractivity contribution in [2.45, 2.75) is 56.6 Å². The van der Waals surface area contributed by atoms with Crippen LogP contribution in [0.15, 0.2) is 48.6 Å². The van der Waals surface area contributed by atoms with E-state index >= 15 is 0 Å². The third-order valence-corrected chi connectivity index (χ3v) is 10.2. The molecule has 7 rings (SSSR count). The van der Waals surface area contributed by atoms with Gasteiger partial charge in [0, 0.05) is 68.0 Å². The SMILES string of the molecule is N#CC[C@H]1CN(c2nc(OCCCN3C[C@@H]4C[C@H]3CO4)nc3c2CCN(c2cccc4cccc(Cl)c24)C3)CCN1C(O)/C=C/CF. The number of aliphatic hydroxyl groups is 1. The third-order valence-electron chi connectivity index (χ3n) is 9.92. The molecule has 3 fully saturated rings. The van der Waals surface area contributed by atoms with Crippen molar-refractivity contribution in [1.82, 2.24) is 19.8 Å². The molecule has 0 saturated carbocycles. The van der Waals surface area contributed by atoms with Gasteiger partial charge >= 0.3 is 6.01 Å². The molecule has 4 atom stereocenters. The molecule has 0 radical (unpaired) electrons. The van der Waals surface area contributed by atoms with Crippen molar-refractivity contribution >= 4 is 33.9 Å². The van der Waals surface area contributed by atoms with Crippen LogP contribution in [-0.2, 0) is 17.7 Å². The van der Waals surface area contributed by atoms with Gasteiger partial charge < -0.3 is 24.4 Å². The lowest BCUT2D eigenvalue weighted by atomic mass is 10.0. The van der Waals surface area contributed by atoms with Crippen LogP contribution in [0.1, 0.15) is 30.5 Å². The number of aromatic nitrogens is 2. The highest BCUT2D eigenvalue weighted by Gasteiger charge is 2.38. The highest BCUT2D eigenvalue weighted by Crippen LogP contribution is 2.37. The number of morpholine rings is 1. The van der Waals surface area contributed by atoms with Crippen molar-refractivity contribution in [2.75, 3.05) is 69.0 Å².